The molecule has 1 aromatic heterocycles. The van der Waals surface area contributed by atoms with E-state index in [9.17, 15) is 4.79 Å². The largest absolute Gasteiger partial charge is 0.334 e. The summed E-state index contributed by atoms with van der Waals surface area (Å²) in [5, 5.41) is 8.00. The van der Waals surface area contributed by atoms with Gasteiger partial charge in [-0.2, -0.15) is 0 Å². The Morgan fingerprint density at radius 3 is 2.71 bits per heavy atom. The highest BCUT2D eigenvalue weighted by Gasteiger charge is 2.35. The van der Waals surface area contributed by atoms with Crippen LogP contribution in [0, 0.1) is 5.92 Å². The van der Waals surface area contributed by atoms with Gasteiger partial charge in [0, 0.05) is 19.1 Å². The minimum atomic E-state index is 0.0475. The van der Waals surface area contributed by atoms with Crippen molar-refractivity contribution in [2.24, 2.45) is 11.7 Å². The lowest BCUT2D eigenvalue weighted by Crippen LogP contribution is -2.38. The van der Waals surface area contributed by atoms with Crippen LogP contribution in [0.5, 0.6) is 0 Å². The van der Waals surface area contributed by atoms with Crippen LogP contribution >= 0.6 is 0 Å². The zero-order valence-electron chi connectivity index (χ0n) is 12.6. The first-order valence-corrected chi connectivity index (χ1v) is 8.19. The summed E-state index contributed by atoms with van der Waals surface area (Å²) >= 11 is 0. The van der Waals surface area contributed by atoms with Crippen molar-refractivity contribution >= 4 is 5.91 Å². The summed E-state index contributed by atoms with van der Waals surface area (Å²) in [7, 11) is 0. The van der Waals surface area contributed by atoms with Gasteiger partial charge in [0.1, 0.15) is 0 Å². The molecule has 0 spiro atoms. The highest BCUT2D eigenvalue weighted by atomic mass is 16.2. The molecule has 21 heavy (non-hydrogen) atoms. The normalized spacial score (nSPS) is 19.7. The lowest BCUT2D eigenvalue weighted by atomic mass is 9.89. The zero-order chi connectivity index (χ0) is 14.7. The third-order valence-corrected chi connectivity index (χ3v) is 4.54. The maximum Gasteiger partial charge on any atom is 0.276 e. The van der Waals surface area contributed by atoms with E-state index in [4.69, 9.17) is 5.73 Å². The molecule has 2 saturated carbocycles. The van der Waals surface area contributed by atoms with Gasteiger partial charge < -0.3 is 10.6 Å². The maximum atomic E-state index is 12.7. The molecule has 2 N–H and O–H groups in total. The van der Waals surface area contributed by atoms with E-state index in [0.29, 0.717) is 30.7 Å². The number of hydrogen-bond acceptors (Lipinski definition) is 4. The fourth-order valence-electron chi connectivity index (χ4n) is 3.22. The first-order valence-electron chi connectivity index (χ1n) is 8.19. The lowest BCUT2D eigenvalue weighted by Gasteiger charge is -2.29. The Balaban J connectivity index is 1.65. The van der Waals surface area contributed by atoms with Crippen molar-refractivity contribution in [3.8, 4) is 0 Å². The molecule has 0 unspecified atom stereocenters. The van der Waals surface area contributed by atoms with Crippen LogP contribution < -0.4 is 5.73 Å². The van der Waals surface area contributed by atoms with Crippen molar-refractivity contribution in [1.82, 2.24) is 19.9 Å². The Labute approximate surface area is 125 Å². The van der Waals surface area contributed by atoms with Crippen molar-refractivity contribution in [3.05, 3.63) is 11.9 Å². The van der Waals surface area contributed by atoms with Gasteiger partial charge in [-0.15, -0.1) is 5.10 Å². The molecule has 0 radical (unpaired) electrons. The van der Waals surface area contributed by atoms with E-state index in [2.05, 4.69) is 10.3 Å². The van der Waals surface area contributed by atoms with E-state index in [0.717, 1.165) is 19.4 Å². The van der Waals surface area contributed by atoms with E-state index in [1.54, 1.807) is 10.9 Å². The number of nitrogens with zero attached hydrogens (tertiary/aromatic N) is 4. The number of aromatic nitrogens is 3. The third-order valence-electron chi connectivity index (χ3n) is 4.54. The number of carbonyl (C=O) groups excluding carboxylic acids is 1. The Kier molecular flexibility index (Phi) is 4.53. The fraction of sp³-hybridized carbons (Fsp3) is 0.800. The summed E-state index contributed by atoms with van der Waals surface area (Å²) in [4.78, 5) is 14.7. The average molecular weight is 291 g/mol. The number of hydrogen-bond donors (Lipinski definition) is 1. The minimum absolute atomic E-state index is 0.0475. The predicted octanol–water partition coefficient (Wildman–Crippen LogP) is 1.42. The number of amides is 1. The molecule has 0 aliphatic heterocycles. The van der Waals surface area contributed by atoms with Crippen LogP contribution in [0.4, 0.5) is 0 Å². The summed E-state index contributed by atoms with van der Waals surface area (Å²) in [6.45, 7) is 2.00. The standard InChI is InChI=1S/C15H25N5O/c16-8-9-19-11-14(17-18-19)15(21)20(13-6-7-13)10-12-4-2-1-3-5-12/h11-13H,1-10,16H2. The van der Waals surface area contributed by atoms with E-state index >= 15 is 0 Å². The van der Waals surface area contributed by atoms with Crippen molar-refractivity contribution in [1.29, 1.82) is 0 Å². The molecule has 1 amide bonds. The maximum absolute atomic E-state index is 12.7. The van der Waals surface area contributed by atoms with Gasteiger partial charge in [-0.25, -0.2) is 0 Å². The molecule has 2 aliphatic carbocycles. The van der Waals surface area contributed by atoms with E-state index in [1.165, 1.54) is 32.1 Å². The highest BCUT2D eigenvalue weighted by Crippen LogP contribution is 2.32. The molecule has 2 aliphatic rings. The molecule has 0 saturated heterocycles. The summed E-state index contributed by atoms with van der Waals surface area (Å²) in [5.74, 6) is 0.716. The van der Waals surface area contributed by atoms with E-state index < -0.39 is 0 Å². The first-order chi connectivity index (χ1) is 10.3. The molecular weight excluding hydrogens is 266 g/mol. The molecule has 116 valence electrons. The minimum Gasteiger partial charge on any atom is -0.334 e. The summed E-state index contributed by atoms with van der Waals surface area (Å²) in [6.07, 6.45) is 10.5. The second-order valence-corrected chi connectivity index (χ2v) is 6.35. The first kappa shape index (κ1) is 14.5. The number of nitrogens with two attached hydrogens (primary N) is 1. The molecule has 1 heterocycles. The molecule has 0 bridgehead atoms. The molecule has 6 heteroatoms. The summed E-state index contributed by atoms with van der Waals surface area (Å²) in [5.41, 5.74) is 5.97. The van der Waals surface area contributed by atoms with Gasteiger partial charge in [0.2, 0.25) is 0 Å². The third kappa shape index (κ3) is 3.61. The summed E-state index contributed by atoms with van der Waals surface area (Å²) < 4.78 is 1.65. The second kappa shape index (κ2) is 6.56. The average Bonchev–Trinajstić information content (AvgIpc) is 3.25. The monoisotopic (exact) mass is 291 g/mol. The Morgan fingerprint density at radius 1 is 1.29 bits per heavy atom. The van der Waals surface area contributed by atoms with Crippen LogP contribution in [0.15, 0.2) is 6.20 Å². The van der Waals surface area contributed by atoms with Crippen LogP contribution in [0.3, 0.4) is 0 Å². The van der Waals surface area contributed by atoms with Crippen LogP contribution in [-0.4, -0.2) is 44.9 Å². The smallest absolute Gasteiger partial charge is 0.276 e. The highest BCUT2D eigenvalue weighted by molar-refractivity contribution is 5.92. The van der Waals surface area contributed by atoms with E-state index in [1.807, 2.05) is 4.90 Å². The van der Waals surface area contributed by atoms with Crippen molar-refractivity contribution in [2.45, 2.75) is 57.5 Å². The summed E-state index contributed by atoms with van der Waals surface area (Å²) in [6, 6.07) is 0.430. The van der Waals surface area contributed by atoms with Crippen molar-refractivity contribution in [2.75, 3.05) is 13.1 Å². The van der Waals surface area contributed by atoms with Crippen molar-refractivity contribution in [3.63, 3.8) is 0 Å². The quantitative estimate of drug-likeness (QED) is 0.860. The van der Waals surface area contributed by atoms with Gasteiger partial charge in [0.15, 0.2) is 5.69 Å². The molecule has 1 aromatic rings. The van der Waals surface area contributed by atoms with Crippen LogP contribution in [0.2, 0.25) is 0 Å². The van der Waals surface area contributed by atoms with Gasteiger partial charge in [0.05, 0.1) is 12.7 Å². The van der Waals surface area contributed by atoms with Gasteiger partial charge >= 0.3 is 0 Å². The van der Waals surface area contributed by atoms with Gasteiger partial charge in [-0.1, -0.05) is 24.5 Å². The number of carbonyl (C=O) groups is 1. The van der Waals surface area contributed by atoms with E-state index in [-0.39, 0.29) is 5.91 Å². The zero-order valence-corrected chi connectivity index (χ0v) is 12.6. The van der Waals surface area contributed by atoms with Gasteiger partial charge in [-0.05, 0) is 31.6 Å². The Morgan fingerprint density at radius 2 is 2.05 bits per heavy atom. The van der Waals surface area contributed by atoms with Gasteiger partial charge in [0.25, 0.3) is 5.91 Å². The molecule has 0 atom stereocenters. The van der Waals surface area contributed by atoms with Gasteiger partial charge in [-0.3, -0.25) is 9.48 Å². The van der Waals surface area contributed by atoms with Crippen LogP contribution in [0.25, 0.3) is 0 Å². The van der Waals surface area contributed by atoms with Crippen molar-refractivity contribution < 1.29 is 4.79 Å². The molecular formula is C15H25N5O. The SMILES string of the molecule is NCCn1cc(C(=O)N(CC2CCCCC2)C2CC2)nn1. The Bertz CT molecular complexity index is 476. The lowest BCUT2D eigenvalue weighted by molar-refractivity contribution is 0.0693. The molecule has 6 nitrogen and oxygen atoms in total. The van der Waals surface area contributed by atoms with Crippen LogP contribution in [-0.2, 0) is 6.54 Å². The molecule has 3 rings (SSSR count). The topological polar surface area (TPSA) is 77.0 Å². The second-order valence-electron chi connectivity index (χ2n) is 6.35. The molecule has 2 fully saturated rings. The predicted molar refractivity (Wildman–Crippen MR) is 79.7 cm³/mol. The number of rotatable bonds is 6. The van der Waals surface area contributed by atoms with Crippen LogP contribution in [0.1, 0.15) is 55.4 Å². The Hall–Kier alpha value is -1.43. The molecule has 0 aromatic carbocycles. The fourth-order valence-corrected chi connectivity index (χ4v) is 3.22.